The van der Waals surface area contributed by atoms with Crippen LogP contribution in [0.3, 0.4) is 0 Å². The highest BCUT2D eigenvalue weighted by atomic mass is 16.5. The summed E-state index contributed by atoms with van der Waals surface area (Å²) in [5.74, 6) is 1.94. The van der Waals surface area contributed by atoms with E-state index >= 15 is 0 Å². The molecule has 0 heterocycles. The summed E-state index contributed by atoms with van der Waals surface area (Å²) in [6, 6.07) is 13.6. The van der Waals surface area contributed by atoms with Gasteiger partial charge >= 0.3 is 0 Å². The number of rotatable bonds is 11. The number of nitrogens with one attached hydrogen (secondary N) is 2. The van der Waals surface area contributed by atoms with Gasteiger partial charge in [0.05, 0.1) is 6.61 Å². The van der Waals surface area contributed by atoms with Crippen molar-refractivity contribution in [2.45, 2.75) is 33.2 Å². The highest BCUT2D eigenvalue weighted by molar-refractivity contribution is 5.79. The van der Waals surface area contributed by atoms with Crippen molar-refractivity contribution in [3.63, 3.8) is 0 Å². The summed E-state index contributed by atoms with van der Waals surface area (Å²) >= 11 is 0. The van der Waals surface area contributed by atoms with E-state index in [2.05, 4.69) is 40.7 Å². The van der Waals surface area contributed by atoms with Gasteiger partial charge in [0, 0.05) is 32.3 Å². The first kappa shape index (κ1) is 22.6. The number of aryl methyl sites for hydroxylation is 2. The topological polar surface area (TPSA) is 75.1 Å². The van der Waals surface area contributed by atoms with Crippen molar-refractivity contribution in [3.8, 4) is 11.5 Å². The molecule has 2 aromatic rings. The fourth-order valence-corrected chi connectivity index (χ4v) is 2.86. The normalized spacial score (nSPS) is 11.3. The summed E-state index contributed by atoms with van der Waals surface area (Å²) in [4.78, 5) is 4.29. The quantitative estimate of drug-likeness (QED) is 0.307. The van der Waals surface area contributed by atoms with Gasteiger partial charge < -0.3 is 25.2 Å². The average Bonchev–Trinajstić information content (AvgIpc) is 2.73. The Kier molecular flexibility index (Phi) is 9.86. The van der Waals surface area contributed by atoms with E-state index in [0.29, 0.717) is 32.1 Å². The van der Waals surface area contributed by atoms with Crippen LogP contribution in [0.5, 0.6) is 11.5 Å². The highest BCUT2D eigenvalue weighted by Crippen LogP contribution is 2.20. The summed E-state index contributed by atoms with van der Waals surface area (Å²) in [5.41, 5.74) is 3.46. The number of hydrogen-bond acceptors (Lipinski definition) is 4. The molecule has 0 saturated carbocycles. The zero-order chi connectivity index (χ0) is 20.9. The molecule has 0 aliphatic heterocycles. The maximum atomic E-state index is 9.34. The van der Waals surface area contributed by atoms with Crippen molar-refractivity contribution in [1.82, 2.24) is 10.6 Å². The molecule has 0 fully saturated rings. The van der Waals surface area contributed by atoms with Crippen molar-refractivity contribution in [1.29, 1.82) is 0 Å². The summed E-state index contributed by atoms with van der Waals surface area (Å²) in [5, 5.41) is 16.0. The van der Waals surface area contributed by atoms with Gasteiger partial charge in [0.2, 0.25) is 0 Å². The Hall–Kier alpha value is -2.73. The van der Waals surface area contributed by atoms with Crippen LogP contribution in [0.4, 0.5) is 0 Å². The van der Waals surface area contributed by atoms with E-state index in [1.807, 2.05) is 19.1 Å². The Labute approximate surface area is 174 Å². The minimum atomic E-state index is 0.300. The maximum absolute atomic E-state index is 9.34. The molecule has 6 heteroatoms. The van der Waals surface area contributed by atoms with Crippen LogP contribution in [0.2, 0.25) is 0 Å². The Morgan fingerprint density at radius 3 is 2.59 bits per heavy atom. The fraction of sp³-hybridized carbons (Fsp3) is 0.435. The molecule has 158 valence electrons. The minimum Gasteiger partial charge on any atom is -0.508 e. The van der Waals surface area contributed by atoms with Gasteiger partial charge in [-0.25, -0.2) is 0 Å². The monoisotopic (exact) mass is 399 g/mol. The molecule has 3 N–H and O–H groups in total. The molecule has 0 amide bonds. The van der Waals surface area contributed by atoms with Gasteiger partial charge in [-0.1, -0.05) is 24.3 Å². The molecule has 0 aliphatic rings. The molecule has 0 saturated heterocycles. The molecule has 0 aromatic heterocycles. The lowest BCUT2D eigenvalue weighted by Gasteiger charge is -2.15. The summed E-state index contributed by atoms with van der Waals surface area (Å²) in [6.45, 7) is 7.29. The van der Waals surface area contributed by atoms with Gasteiger partial charge in [-0.3, -0.25) is 4.99 Å². The van der Waals surface area contributed by atoms with Crippen molar-refractivity contribution in [2.24, 2.45) is 4.99 Å². The predicted octanol–water partition coefficient (Wildman–Crippen LogP) is 3.41. The van der Waals surface area contributed by atoms with Crippen molar-refractivity contribution < 1.29 is 14.6 Å². The lowest BCUT2D eigenvalue weighted by atomic mass is 10.1. The third-order valence-electron chi connectivity index (χ3n) is 4.45. The molecule has 29 heavy (non-hydrogen) atoms. The molecule has 2 aromatic carbocycles. The molecule has 6 nitrogen and oxygen atoms in total. The second-order valence-electron chi connectivity index (χ2n) is 6.78. The first-order valence-electron chi connectivity index (χ1n) is 10.1. The van der Waals surface area contributed by atoms with Crippen LogP contribution >= 0.6 is 0 Å². The number of nitrogens with zero attached hydrogens (tertiary/aromatic N) is 1. The molecule has 0 radical (unpaired) electrons. The number of hydrogen-bond donors (Lipinski definition) is 3. The summed E-state index contributed by atoms with van der Waals surface area (Å²) < 4.78 is 11.3. The van der Waals surface area contributed by atoms with E-state index in [1.54, 1.807) is 19.2 Å². The Bertz CT molecular complexity index is 760. The Morgan fingerprint density at radius 1 is 1.07 bits per heavy atom. The number of aromatic hydroxyl groups is 1. The van der Waals surface area contributed by atoms with E-state index < -0.39 is 0 Å². The van der Waals surface area contributed by atoms with Gasteiger partial charge in [-0.15, -0.1) is 0 Å². The van der Waals surface area contributed by atoms with E-state index in [9.17, 15) is 5.11 Å². The number of aliphatic imine (C=N–C) groups is 1. The van der Waals surface area contributed by atoms with E-state index in [1.165, 1.54) is 5.56 Å². The minimum absolute atomic E-state index is 0.300. The van der Waals surface area contributed by atoms with Gasteiger partial charge in [0.25, 0.3) is 0 Å². The van der Waals surface area contributed by atoms with Crippen molar-refractivity contribution in [2.75, 3.05) is 33.4 Å². The molecule has 2 rings (SSSR count). The molecular formula is C23H33N3O3. The van der Waals surface area contributed by atoms with Crippen LogP contribution in [-0.2, 0) is 17.7 Å². The number of phenolic OH excluding ortho intramolecular Hbond substituents is 1. The van der Waals surface area contributed by atoms with Crippen LogP contribution < -0.4 is 15.4 Å². The maximum Gasteiger partial charge on any atom is 0.191 e. The highest BCUT2D eigenvalue weighted by Gasteiger charge is 2.06. The van der Waals surface area contributed by atoms with Crippen molar-refractivity contribution in [3.05, 3.63) is 59.2 Å². The zero-order valence-electron chi connectivity index (χ0n) is 17.7. The van der Waals surface area contributed by atoms with Crippen LogP contribution in [-0.4, -0.2) is 44.5 Å². The molecule has 0 aliphatic carbocycles. The third-order valence-corrected chi connectivity index (χ3v) is 4.45. The van der Waals surface area contributed by atoms with E-state index in [-0.39, 0.29) is 0 Å². The predicted molar refractivity (Wildman–Crippen MR) is 118 cm³/mol. The number of ether oxygens (including phenoxy) is 2. The molecule has 0 spiro atoms. The first-order valence-corrected chi connectivity index (χ1v) is 10.1. The second-order valence-corrected chi connectivity index (χ2v) is 6.78. The number of phenols is 1. The van der Waals surface area contributed by atoms with Crippen LogP contribution in [0.15, 0.2) is 47.5 Å². The van der Waals surface area contributed by atoms with Gasteiger partial charge in [-0.05, 0) is 56.0 Å². The van der Waals surface area contributed by atoms with Gasteiger partial charge in [0.1, 0.15) is 18.1 Å². The average molecular weight is 400 g/mol. The van der Waals surface area contributed by atoms with Gasteiger partial charge in [-0.2, -0.15) is 0 Å². The van der Waals surface area contributed by atoms with Crippen molar-refractivity contribution >= 4 is 5.96 Å². The van der Waals surface area contributed by atoms with E-state index in [0.717, 1.165) is 42.2 Å². The molecular weight excluding hydrogens is 366 g/mol. The van der Waals surface area contributed by atoms with Crippen LogP contribution in [0.1, 0.15) is 30.0 Å². The van der Waals surface area contributed by atoms with Crippen LogP contribution in [0.25, 0.3) is 0 Å². The Balaban J connectivity index is 1.78. The fourth-order valence-electron chi connectivity index (χ4n) is 2.86. The van der Waals surface area contributed by atoms with Gasteiger partial charge in [0.15, 0.2) is 5.96 Å². The Morgan fingerprint density at radius 2 is 1.86 bits per heavy atom. The standard InChI is InChI=1S/C23H33N3O3/c1-4-28-14-15-29-22-16-18(2)7-10-20(22)17-26-23(24-3)25-13-5-6-19-8-11-21(27)12-9-19/h7-12,16,27H,4-6,13-15,17H2,1-3H3,(H2,24,25,26). The van der Waals surface area contributed by atoms with E-state index in [4.69, 9.17) is 9.47 Å². The molecule has 0 unspecified atom stereocenters. The third kappa shape index (κ3) is 8.44. The number of benzene rings is 2. The molecule has 0 atom stereocenters. The SMILES string of the molecule is CCOCCOc1cc(C)ccc1CNC(=NC)NCCCc1ccc(O)cc1. The first-order chi connectivity index (χ1) is 14.1. The van der Waals surface area contributed by atoms with Crippen LogP contribution in [0, 0.1) is 6.92 Å². The molecule has 0 bridgehead atoms. The lowest BCUT2D eigenvalue weighted by Crippen LogP contribution is -2.37. The second kappa shape index (κ2) is 12.7. The summed E-state index contributed by atoms with van der Waals surface area (Å²) in [6.07, 6.45) is 1.92. The smallest absolute Gasteiger partial charge is 0.191 e. The zero-order valence-corrected chi connectivity index (χ0v) is 17.7. The summed E-state index contributed by atoms with van der Waals surface area (Å²) in [7, 11) is 1.77. The largest absolute Gasteiger partial charge is 0.508 e. The lowest BCUT2D eigenvalue weighted by molar-refractivity contribution is 0.110. The number of guanidine groups is 1.